The minimum atomic E-state index is -0.0218. The van der Waals surface area contributed by atoms with Gasteiger partial charge in [0.25, 0.3) is 0 Å². The van der Waals surface area contributed by atoms with Crippen molar-refractivity contribution < 1.29 is 9.53 Å². The molecule has 2 aromatic heterocycles. The summed E-state index contributed by atoms with van der Waals surface area (Å²) in [7, 11) is 0. The molecule has 1 fully saturated rings. The van der Waals surface area contributed by atoms with E-state index < -0.39 is 0 Å². The first-order chi connectivity index (χ1) is 12.2. The predicted molar refractivity (Wildman–Crippen MR) is 98.1 cm³/mol. The van der Waals surface area contributed by atoms with E-state index in [4.69, 9.17) is 4.74 Å². The van der Waals surface area contributed by atoms with Gasteiger partial charge in [0.15, 0.2) is 0 Å². The largest absolute Gasteiger partial charge is 0.375 e. The van der Waals surface area contributed by atoms with Gasteiger partial charge in [-0.2, -0.15) is 0 Å². The number of thiophene rings is 1. The van der Waals surface area contributed by atoms with Crippen molar-refractivity contribution in [1.29, 1.82) is 0 Å². The van der Waals surface area contributed by atoms with Crippen molar-refractivity contribution in [3.05, 3.63) is 46.2 Å². The van der Waals surface area contributed by atoms with Gasteiger partial charge in [0.2, 0.25) is 5.91 Å². The molecule has 4 rings (SSSR count). The molecular formula is C19H23N3O2S. The topological polar surface area (TPSA) is 47.4 Å². The van der Waals surface area contributed by atoms with Gasteiger partial charge < -0.3 is 14.2 Å². The highest BCUT2D eigenvalue weighted by Gasteiger charge is 2.29. The van der Waals surface area contributed by atoms with Crippen LogP contribution in [0.3, 0.4) is 0 Å². The van der Waals surface area contributed by atoms with E-state index in [1.807, 2.05) is 41.6 Å². The number of carbonyl (C=O) groups is 1. The molecule has 0 aromatic carbocycles. The zero-order valence-corrected chi connectivity index (χ0v) is 15.2. The second-order valence-electron chi connectivity index (χ2n) is 6.77. The maximum absolute atomic E-state index is 12.6. The molecule has 6 heteroatoms. The standard InChI is InChI=1S/C19H23N3O2S/c1-14-19-20-11-16(13-24-12-15-4-5-15)22(19)9-8-21(14)18(23)7-6-17-3-2-10-25-17/h2-3,6-7,10-11,14-15H,4-5,8-9,12-13H2,1H3/b7-6+. The molecule has 0 N–H and O–H groups in total. The predicted octanol–water partition coefficient (Wildman–Crippen LogP) is 3.49. The highest BCUT2D eigenvalue weighted by molar-refractivity contribution is 7.10. The smallest absolute Gasteiger partial charge is 0.247 e. The van der Waals surface area contributed by atoms with Crippen LogP contribution in [0.5, 0.6) is 0 Å². The molecule has 0 bridgehead atoms. The molecule has 1 saturated carbocycles. The van der Waals surface area contributed by atoms with Gasteiger partial charge in [-0.25, -0.2) is 4.98 Å². The SMILES string of the molecule is CC1c2ncc(COCC3CC3)n2CCN1C(=O)/C=C/c1cccs1. The van der Waals surface area contributed by atoms with Crippen LogP contribution in [0, 0.1) is 5.92 Å². The molecular weight excluding hydrogens is 334 g/mol. The third kappa shape index (κ3) is 3.70. The van der Waals surface area contributed by atoms with Crippen LogP contribution in [0.25, 0.3) is 6.08 Å². The third-order valence-electron chi connectivity index (χ3n) is 4.89. The van der Waals surface area contributed by atoms with E-state index in [0.717, 1.165) is 35.5 Å². The lowest BCUT2D eigenvalue weighted by Gasteiger charge is -2.33. The Hall–Kier alpha value is -1.92. The summed E-state index contributed by atoms with van der Waals surface area (Å²) >= 11 is 1.63. The third-order valence-corrected chi connectivity index (χ3v) is 5.73. The van der Waals surface area contributed by atoms with E-state index in [2.05, 4.69) is 9.55 Å². The van der Waals surface area contributed by atoms with Crippen molar-refractivity contribution in [2.45, 2.75) is 39.0 Å². The molecule has 1 atom stereocenters. The lowest BCUT2D eigenvalue weighted by molar-refractivity contribution is -0.129. The lowest BCUT2D eigenvalue weighted by Crippen LogP contribution is -2.40. The van der Waals surface area contributed by atoms with E-state index in [0.29, 0.717) is 13.2 Å². The highest BCUT2D eigenvalue weighted by atomic mass is 32.1. The summed E-state index contributed by atoms with van der Waals surface area (Å²) in [4.78, 5) is 20.1. The van der Waals surface area contributed by atoms with E-state index >= 15 is 0 Å². The van der Waals surface area contributed by atoms with E-state index in [9.17, 15) is 4.79 Å². The summed E-state index contributed by atoms with van der Waals surface area (Å²) in [5.41, 5.74) is 1.11. The highest BCUT2D eigenvalue weighted by Crippen LogP contribution is 2.30. The van der Waals surface area contributed by atoms with Gasteiger partial charge in [-0.3, -0.25) is 4.79 Å². The first-order valence-electron chi connectivity index (χ1n) is 8.86. The summed E-state index contributed by atoms with van der Waals surface area (Å²) in [6.45, 7) is 4.99. The van der Waals surface area contributed by atoms with Crippen LogP contribution in [-0.4, -0.2) is 33.5 Å². The Labute approximate surface area is 151 Å². The van der Waals surface area contributed by atoms with Gasteiger partial charge >= 0.3 is 0 Å². The summed E-state index contributed by atoms with van der Waals surface area (Å²) in [6.07, 6.45) is 8.06. The molecule has 25 heavy (non-hydrogen) atoms. The summed E-state index contributed by atoms with van der Waals surface area (Å²) < 4.78 is 8.02. The maximum atomic E-state index is 12.6. The molecule has 1 aliphatic heterocycles. The Morgan fingerprint density at radius 2 is 2.32 bits per heavy atom. The first-order valence-corrected chi connectivity index (χ1v) is 9.74. The Morgan fingerprint density at radius 3 is 3.08 bits per heavy atom. The Balaban J connectivity index is 1.41. The zero-order chi connectivity index (χ0) is 17.2. The summed E-state index contributed by atoms with van der Waals surface area (Å²) in [5.74, 6) is 1.77. The fourth-order valence-corrected chi connectivity index (χ4v) is 3.84. The fourth-order valence-electron chi connectivity index (χ4n) is 3.23. The number of aromatic nitrogens is 2. The molecule has 132 valence electrons. The van der Waals surface area contributed by atoms with Crippen LogP contribution in [0.2, 0.25) is 0 Å². The molecule has 0 radical (unpaired) electrons. The molecule has 1 aliphatic carbocycles. The number of fused-ring (bicyclic) bond motifs is 1. The first kappa shape index (κ1) is 16.5. The van der Waals surface area contributed by atoms with Gasteiger partial charge in [0.1, 0.15) is 5.82 Å². The second-order valence-corrected chi connectivity index (χ2v) is 7.75. The van der Waals surface area contributed by atoms with E-state index in [-0.39, 0.29) is 11.9 Å². The normalized spacial score (nSPS) is 20.2. The van der Waals surface area contributed by atoms with Crippen LogP contribution < -0.4 is 0 Å². The average molecular weight is 357 g/mol. The number of rotatable bonds is 6. The van der Waals surface area contributed by atoms with Crippen LogP contribution in [0.4, 0.5) is 0 Å². The maximum Gasteiger partial charge on any atom is 0.247 e. The monoisotopic (exact) mass is 357 g/mol. The lowest BCUT2D eigenvalue weighted by atomic mass is 10.2. The Morgan fingerprint density at radius 1 is 1.44 bits per heavy atom. The van der Waals surface area contributed by atoms with Gasteiger partial charge in [-0.1, -0.05) is 6.07 Å². The number of imidazole rings is 1. The minimum Gasteiger partial charge on any atom is -0.375 e. The number of nitrogens with zero attached hydrogens (tertiary/aromatic N) is 3. The van der Waals surface area contributed by atoms with Gasteiger partial charge in [0, 0.05) is 30.6 Å². The van der Waals surface area contributed by atoms with Gasteiger partial charge in [-0.15, -0.1) is 11.3 Å². The summed E-state index contributed by atoms with van der Waals surface area (Å²) in [6, 6.07) is 3.97. The molecule has 2 aromatic rings. The molecule has 5 nitrogen and oxygen atoms in total. The summed E-state index contributed by atoms with van der Waals surface area (Å²) in [5, 5.41) is 2.01. The molecule has 1 amide bonds. The van der Waals surface area contributed by atoms with Crippen LogP contribution >= 0.6 is 11.3 Å². The minimum absolute atomic E-state index is 0.0218. The molecule has 2 aliphatic rings. The van der Waals surface area contributed by atoms with E-state index in [1.54, 1.807) is 17.4 Å². The Kier molecular flexibility index (Phi) is 4.72. The molecule has 1 unspecified atom stereocenters. The number of hydrogen-bond donors (Lipinski definition) is 0. The van der Waals surface area contributed by atoms with Crippen molar-refractivity contribution in [3.8, 4) is 0 Å². The Bertz CT molecular complexity index is 762. The number of ether oxygens (including phenoxy) is 1. The number of hydrogen-bond acceptors (Lipinski definition) is 4. The van der Waals surface area contributed by atoms with Crippen molar-refractivity contribution in [2.24, 2.45) is 5.92 Å². The molecule has 0 spiro atoms. The van der Waals surface area contributed by atoms with Gasteiger partial charge in [-0.05, 0) is 43.2 Å². The van der Waals surface area contributed by atoms with Crippen LogP contribution in [-0.2, 0) is 22.7 Å². The molecule has 3 heterocycles. The van der Waals surface area contributed by atoms with Crippen LogP contribution in [0.15, 0.2) is 29.8 Å². The number of carbonyl (C=O) groups excluding carboxylic acids is 1. The fraction of sp³-hybridized carbons (Fsp3) is 0.474. The van der Waals surface area contributed by atoms with Crippen molar-refractivity contribution in [3.63, 3.8) is 0 Å². The average Bonchev–Trinajstić information content (AvgIpc) is 3.11. The quantitative estimate of drug-likeness (QED) is 0.744. The van der Waals surface area contributed by atoms with Crippen molar-refractivity contribution >= 4 is 23.3 Å². The van der Waals surface area contributed by atoms with E-state index in [1.165, 1.54) is 12.8 Å². The zero-order valence-electron chi connectivity index (χ0n) is 14.4. The van der Waals surface area contributed by atoms with Gasteiger partial charge in [0.05, 0.1) is 24.5 Å². The molecule has 0 saturated heterocycles. The number of amides is 1. The van der Waals surface area contributed by atoms with Crippen LogP contribution in [0.1, 0.15) is 42.2 Å². The second kappa shape index (κ2) is 7.14. The van der Waals surface area contributed by atoms with Crippen molar-refractivity contribution in [1.82, 2.24) is 14.5 Å². The van der Waals surface area contributed by atoms with Crippen molar-refractivity contribution in [2.75, 3.05) is 13.2 Å².